The number of aliphatic imine (C=N–C) groups is 1. The van der Waals surface area contributed by atoms with Crippen molar-refractivity contribution in [3.63, 3.8) is 0 Å². The fourth-order valence-corrected chi connectivity index (χ4v) is 3.44. The minimum atomic E-state index is 0. The molecule has 1 aromatic carbocycles. The maximum Gasteiger partial charge on any atom is 0.191 e. The van der Waals surface area contributed by atoms with Crippen LogP contribution in [0.25, 0.3) is 0 Å². The van der Waals surface area contributed by atoms with Crippen molar-refractivity contribution in [1.82, 2.24) is 15.6 Å². The lowest BCUT2D eigenvalue weighted by atomic mass is 10.1. The molecule has 0 unspecified atom stereocenters. The van der Waals surface area contributed by atoms with E-state index in [2.05, 4.69) is 68.8 Å². The Balaban J connectivity index is 0.00000280. The molecule has 28 heavy (non-hydrogen) atoms. The molecule has 1 aliphatic heterocycles. The van der Waals surface area contributed by atoms with E-state index in [4.69, 9.17) is 0 Å². The number of rotatable bonds is 5. The van der Waals surface area contributed by atoms with E-state index < -0.39 is 0 Å². The van der Waals surface area contributed by atoms with Crippen LogP contribution in [-0.4, -0.2) is 31.1 Å². The van der Waals surface area contributed by atoms with Gasteiger partial charge < -0.3 is 15.5 Å². The number of pyridine rings is 1. The zero-order valence-electron chi connectivity index (χ0n) is 16.9. The molecule has 0 aliphatic carbocycles. The molecule has 0 saturated carbocycles. The minimum absolute atomic E-state index is 0. The molecule has 0 amide bonds. The Kier molecular flexibility index (Phi) is 9.54. The van der Waals surface area contributed by atoms with Gasteiger partial charge in [-0.15, -0.1) is 24.0 Å². The van der Waals surface area contributed by atoms with E-state index in [1.165, 1.54) is 42.4 Å². The van der Waals surface area contributed by atoms with Gasteiger partial charge in [-0.25, -0.2) is 4.98 Å². The first-order chi connectivity index (χ1) is 13.3. The lowest BCUT2D eigenvalue weighted by molar-refractivity contribution is 0.726. The molecule has 2 heterocycles. The first-order valence-electron chi connectivity index (χ1n) is 9.95. The van der Waals surface area contributed by atoms with E-state index in [0.29, 0.717) is 0 Å². The summed E-state index contributed by atoms with van der Waals surface area (Å²) in [5, 5.41) is 6.81. The quantitative estimate of drug-likeness (QED) is 0.372. The van der Waals surface area contributed by atoms with Crippen molar-refractivity contribution >= 4 is 35.8 Å². The molecule has 1 saturated heterocycles. The second kappa shape index (κ2) is 11.9. The molecule has 1 aliphatic rings. The van der Waals surface area contributed by atoms with E-state index in [9.17, 15) is 0 Å². The van der Waals surface area contributed by atoms with Gasteiger partial charge in [-0.2, -0.15) is 0 Å². The number of guanidine groups is 1. The van der Waals surface area contributed by atoms with Gasteiger partial charge in [0, 0.05) is 39.4 Å². The van der Waals surface area contributed by atoms with Crippen LogP contribution in [0.2, 0.25) is 0 Å². The summed E-state index contributed by atoms with van der Waals surface area (Å²) in [6.07, 6.45) is 7.11. The van der Waals surface area contributed by atoms with Gasteiger partial charge in [0.05, 0.1) is 0 Å². The van der Waals surface area contributed by atoms with E-state index >= 15 is 0 Å². The maximum absolute atomic E-state index is 4.59. The van der Waals surface area contributed by atoms with Gasteiger partial charge in [0.2, 0.25) is 0 Å². The van der Waals surface area contributed by atoms with Crippen molar-refractivity contribution in [3.8, 4) is 0 Å². The van der Waals surface area contributed by atoms with Gasteiger partial charge in [0.25, 0.3) is 0 Å². The zero-order valence-corrected chi connectivity index (χ0v) is 19.3. The summed E-state index contributed by atoms with van der Waals surface area (Å²) >= 11 is 0. The standard InChI is InChI=1S/C22H31N5.HI/c1-18-9-5-6-10-20(18)17-26-22(23-2)25-16-19-11-12-24-21(15-19)27-13-7-3-4-8-14-27;/h5-6,9-12,15H,3-4,7-8,13-14,16-17H2,1-2H3,(H2,23,25,26);1H. The maximum atomic E-state index is 4.59. The monoisotopic (exact) mass is 493 g/mol. The van der Waals surface area contributed by atoms with Gasteiger partial charge in [-0.1, -0.05) is 37.1 Å². The lowest BCUT2D eigenvalue weighted by Gasteiger charge is -2.22. The van der Waals surface area contributed by atoms with Gasteiger partial charge in [0.1, 0.15) is 5.82 Å². The summed E-state index contributed by atoms with van der Waals surface area (Å²) in [6.45, 7) is 5.86. The first kappa shape index (κ1) is 22.5. The first-order valence-corrected chi connectivity index (χ1v) is 9.95. The highest BCUT2D eigenvalue weighted by Crippen LogP contribution is 2.18. The molecule has 152 valence electrons. The highest BCUT2D eigenvalue weighted by atomic mass is 127. The molecule has 0 radical (unpaired) electrons. The van der Waals surface area contributed by atoms with Gasteiger partial charge in [-0.05, 0) is 48.6 Å². The van der Waals surface area contributed by atoms with Gasteiger partial charge >= 0.3 is 0 Å². The van der Waals surface area contributed by atoms with Crippen LogP contribution < -0.4 is 15.5 Å². The fourth-order valence-electron chi connectivity index (χ4n) is 3.44. The zero-order chi connectivity index (χ0) is 18.9. The Morgan fingerprint density at radius 2 is 1.75 bits per heavy atom. The van der Waals surface area contributed by atoms with Crippen LogP contribution in [0.15, 0.2) is 47.6 Å². The van der Waals surface area contributed by atoms with E-state index in [0.717, 1.165) is 38.0 Å². The Hall–Kier alpha value is -1.83. The number of benzene rings is 1. The smallest absolute Gasteiger partial charge is 0.191 e. The van der Waals surface area contributed by atoms with E-state index in [1.54, 1.807) is 0 Å². The molecule has 2 aromatic rings. The van der Waals surface area contributed by atoms with Crippen LogP contribution in [-0.2, 0) is 13.1 Å². The van der Waals surface area contributed by atoms with Crippen LogP contribution in [0.1, 0.15) is 42.4 Å². The summed E-state index contributed by atoms with van der Waals surface area (Å²) < 4.78 is 0. The lowest BCUT2D eigenvalue weighted by Crippen LogP contribution is -2.36. The Bertz CT molecular complexity index is 754. The second-order valence-electron chi connectivity index (χ2n) is 7.13. The molecule has 1 fully saturated rings. The average Bonchev–Trinajstić information content (AvgIpc) is 2.99. The van der Waals surface area contributed by atoms with Gasteiger partial charge in [0.15, 0.2) is 5.96 Å². The molecule has 0 spiro atoms. The minimum Gasteiger partial charge on any atom is -0.357 e. The van der Waals surface area contributed by atoms with Crippen LogP contribution >= 0.6 is 24.0 Å². The number of aromatic nitrogens is 1. The Morgan fingerprint density at radius 1 is 1.04 bits per heavy atom. The normalized spacial score (nSPS) is 14.8. The molecule has 3 rings (SSSR count). The van der Waals surface area contributed by atoms with Crippen LogP contribution in [0.4, 0.5) is 5.82 Å². The molecule has 0 bridgehead atoms. The number of hydrogen-bond donors (Lipinski definition) is 2. The van der Waals surface area contributed by atoms with Crippen molar-refractivity contribution in [2.24, 2.45) is 4.99 Å². The third-order valence-corrected chi connectivity index (χ3v) is 5.13. The second-order valence-corrected chi connectivity index (χ2v) is 7.13. The van der Waals surface area contributed by atoms with Crippen LogP contribution in [0, 0.1) is 6.92 Å². The third kappa shape index (κ3) is 6.65. The Labute approximate surface area is 186 Å². The van der Waals surface area contributed by atoms with E-state index in [1.807, 2.05) is 13.2 Å². The van der Waals surface area contributed by atoms with Crippen molar-refractivity contribution in [2.45, 2.75) is 45.7 Å². The highest BCUT2D eigenvalue weighted by molar-refractivity contribution is 14.0. The summed E-state index contributed by atoms with van der Waals surface area (Å²) in [5.41, 5.74) is 3.80. The summed E-state index contributed by atoms with van der Waals surface area (Å²) in [7, 11) is 1.81. The Morgan fingerprint density at radius 3 is 2.46 bits per heavy atom. The molecular formula is C22H32IN5. The fraction of sp³-hybridized carbons (Fsp3) is 0.455. The molecular weight excluding hydrogens is 461 g/mol. The van der Waals surface area contributed by atoms with Gasteiger partial charge in [-0.3, -0.25) is 4.99 Å². The van der Waals surface area contributed by atoms with Crippen molar-refractivity contribution in [1.29, 1.82) is 0 Å². The molecule has 1 aromatic heterocycles. The number of hydrogen-bond acceptors (Lipinski definition) is 3. The summed E-state index contributed by atoms with van der Waals surface area (Å²) in [4.78, 5) is 11.3. The van der Waals surface area contributed by atoms with Crippen molar-refractivity contribution < 1.29 is 0 Å². The number of anilines is 1. The highest BCUT2D eigenvalue weighted by Gasteiger charge is 2.11. The number of halogens is 1. The average molecular weight is 493 g/mol. The SMILES string of the molecule is CN=C(NCc1ccnc(N2CCCCCC2)c1)NCc1ccccc1C.I. The van der Waals surface area contributed by atoms with Crippen LogP contribution in [0.3, 0.4) is 0 Å². The summed E-state index contributed by atoms with van der Waals surface area (Å²) in [5.74, 6) is 1.91. The van der Waals surface area contributed by atoms with Crippen molar-refractivity contribution in [2.75, 3.05) is 25.0 Å². The number of aryl methyl sites for hydroxylation is 1. The predicted octanol–water partition coefficient (Wildman–Crippen LogP) is 4.25. The molecule has 6 heteroatoms. The largest absolute Gasteiger partial charge is 0.357 e. The topological polar surface area (TPSA) is 52.6 Å². The predicted molar refractivity (Wildman–Crippen MR) is 129 cm³/mol. The number of nitrogens with one attached hydrogen (secondary N) is 2. The molecule has 5 nitrogen and oxygen atoms in total. The van der Waals surface area contributed by atoms with E-state index in [-0.39, 0.29) is 24.0 Å². The number of nitrogens with zero attached hydrogens (tertiary/aromatic N) is 3. The van der Waals surface area contributed by atoms with Crippen molar-refractivity contribution in [3.05, 3.63) is 59.3 Å². The third-order valence-electron chi connectivity index (χ3n) is 5.13. The summed E-state index contributed by atoms with van der Waals surface area (Å²) in [6, 6.07) is 12.7. The molecule has 2 N–H and O–H groups in total. The van der Waals surface area contributed by atoms with Crippen LogP contribution in [0.5, 0.6) is 0 Å². The molecule has 0 atom stereocenters.